The minimum atomic E-state index is -0.734. The highest BCUT2D eigenvalue weighted by Crippen LogP contribution is 2.23. The Morgan fingerprint density at radius 3 is 2.53 bits per heavy atom. The Hall–Kier alpha value is -1.10. The Labute approximate surface area is 114 Å². The molecule has 0 aromatic rings. The first-order valence-electron chi connectivity index (χ1n) is 7.32. The van der Waals surface area contributed by atoms with E-state index in [-0.39, 0.29) is 24.3 Å². The summed E-state index contributed by atoms with van der Waals surface area (Å²) in [5.74, 6) is -0.313. The third kappa shape index (κ3) is 3.69. The zero-order valence-electron chi connectivity index (χ0n) is 11.7. The van der Waals surface area contributed by atoms with Crippen molar-refractivity contribution in [2.24, 2.45) is 5.92 Å². The van der Waals surface area contributed by atoms with Crippen LogP contribution in [-0.2, 0) is 9.59 Å². The normalized spacial score (nSPS) is 26.4. The zero-order chi connectivity index (χ0) is 13.8. The molecule has 108 valence electrons. The Morgan fingerprint density at radius 2 is 1.89 bits per heavy atom. The van der Waals surface area contributed by atoms with Crippen LogP contribution in [0.15, 0.2) is 0 Å². The molecule has 1 N–H and O–H groups in total. The molecule has 5 heteroatoms. The summed E-state index contributed by atoms with van der Waals surface area (Å²) in [6, 6.07) is -0.100. The quantitative estimate of drug-likeness (QED) is 0.832. The third-order valence-electron chi connectivity index (χ3n) is 4.35. The molecule has 0 spiro atoms. The number of amides is 1. The smallest absolute Gasteiger partial charge is 0.303 e. The van der Waals surface area contributed by atoms with Crippen LogP contribution >= 0.6 is 0 Å². The number of carboxylic acids is 1. The fraction of sp³-hybridized carbons (Fsp3) is 0.857. The fourth-order valence-corrected chi connectivity index (χ4v) is 3.16. The molecule has 19 heavy (non-hydrogen) atoms. The largest absolute Gasteiger partial charge is 0.481 e. The minimum Gasteiger partial charge on any atom is -0.481 e. The summed E-state index contributed by atoms with van der Waals surface area (Å²) in [4.78, 5) is 27.2. The van der Waals surface area contributed by atoms with Crippen molar-refractivity contribution in [2.75, 3.05) is 26.2 Å². The number of carbonyl (C=O) groups excluding carboxylic acids is 1. The number of hydrogen-bond donors (Lipinski definition) is 1. The Kier molecular flexibility index (Phi) is 4.80. The van der Waals surface area contributed by atoms with Crippen molar-refractivity contribution in [2.45, 2.75) is 45.1 Å². The van der Waals surface area contributed by atoms with Gasteiger partial charge in [-0.25, -0.2) is 0 Å². The molecule has 0 bridgehead atoms. The lowest BCUT2D eigenvalue weighted by molar-refractivity contribution is -0.138. The minimum absolute atomic E-state index is 0.100. The Morgan fingerprint density at radius 1 is 1.21 bits per heavy atom. The van der Waals surface area contributed by atoms with Crippen LogP contribution in [0.1, 0.15) is 39.0 Å². The highest BCUT2D eigenvalue weighted by molar-refractivity contribution is 5.81. The monoisotopic (exact) mass is 268 g/mol. The summed E-state index contributed by atoms with van der Waals surface area (Å²) < 4.78 is 0. The molecule has 0 radical (unpaired) electrons. The van der Waals surface area contributed by atoms with Crippen molar-refractivity contribution in [1.82, 2.24) is 9.80 Å². The second-order valence-electron chi connectivity index (χ2n) is 5.81. The number of aliphatic carboxylic acids is 1. The van der Waals surface area contributed by atoms with E-state index in [0.29, 0.717) is 0 Å². The van der Waals surface area contributed by atoms with Gasteiger partial charge in [0.05, 0.1) is 6.04 Å². The molecular weight excluding hydrogens is 244 g/mol. The van der Waals surface area contributed by atoms with E-state index >= 15 is 0 Å². The van der Waals surface area contributed by atoms with Crippen LogP contribution in [0, 0.1) is 5.92 Å². The summed E-state index contributed by atoms with van der Waals surface area (Å²) in [5, 5.41) is 8.82. The number of carbonyl (C=O) groups is 2. The van der Waals surface area contributed by atoms with E-state index < -0.39 is 5.97 Å². The number of likely N-dealkylation sites (tertiary alicyclic amines) is 2. The van der Waals surface area contributed by atoms with Crippen LogP contribution in [0.3, 0.4) is 0 Å². The van der Waals surface area contributed by atoms with Crippen LogP contribution < -0.4 is 0 Å². The topological polar surface area (TPSA) is 60.9 Å². The lowest BCUT2D eigenvalue weighted by Crippen LogP contribution is -2.48. The van der Waals surface area contributed by atoms with E-state index in [1.54, 1.807) is 0 Å². The van der Waals surface area contributed by atoms with Crippen LogP contribution in [0.2, 0.25) is 0 Å². The molecule has 5 nitrogen and oxygen atoms in total. The van der Waals surface area contributed by atoms with Gasteiger partial charge in [-0.2, -0.15) is 0 Å². The molecule has 0 aromatic carbocycles. The van der Waals surface area contributed by atoms with Crippen molar-refractivity contribution in [3.05, 3.63) is 0 Å². The summed E-state index contributed by atoms with van der Waals surface area (Å²) in [5.41, 5.74) is 0. The lowest BCUT2D eigenvalue weighted by atomic mass is 10.1. The predicted molar refractivity (Wildman–Crippen MR) is 71.8 cm³/mol. The van der Waals surface area contributed by atoms with Gasteiger partial charge in [-0.3, -0.25) is 14.5 Å². The van der Waals surface area contributed by atoms with Gasteiger partial charge in [-0.15, -0.1) is 0 Å². The van der Waals surface area contributed by atoms with Gasteiger partial charge in [0.25, 0.3) is 0 Å². The first kappa shape index (κ1) is 14.3. The van der Waals surface area contributed by atoms with E-state index in [2.05, 4.69) is 4.90 Å². The van der Waals surface area contributed by atoms with Gasteiger partial charge in [0.2, 0.25) is 5.91 Å². The number of nitrogens with zero attached hydrogens (tertiary/aromatic N) is 2. The SMILES string of the molecule is CC(C(=O)N1CCCCC1)N1CCC(CC(=O)O)C1. The number of hydrogen-bond acceptors (Lipinski definition) is 3. The predicted octanol–water partition coefficient (Wildman–Crippen LogP) is 1.18. The summed E-state index contributed by atoms with van der Waals surface area (Å²) >= 11 is 0. The van der Waals surface area contributed by atoms with Crippen molar-refractivity contribution in [1.29, 1.82) is 0 Å². The van der Waals surface area contributed by atoms with E-state index in [1.807, 2.05) is 11.8 Å². The average Bonchev–Trinajstić information content (AvgIpc) is 2.85. The second kappa shape index (κ2) is 6.37. The van der Waals surface area contributed by atoms with Crippen molar-refractivity contribution in [3.63, 3.8) is 0 Å². The van der Waals surface area contributed by atoms with E-state index in [4.69, 9.17) is 5.11 Å². The molecule has 2 rings (SSSR count). The molecule has 2 saturated heterocycles. The van der Waals surface area contributed by atoms with Gasteiger partial charge in [0.15, 0.2) is 0 Å². The summed E-state index contributed by atoms with van der Waals surface area (Å²) in [6.07, 6.45) is 4.56. The summed E-state index contributed by atoms with van der Waals surface area (Å²) in [6.45, 7) is 5.32. The molecule has 2 fully saturated rings. The first-order chi connectivity index (χ1) is 9.08. The van der Waals surface area contributed by atoms with Gasteiger partial charge in [0.1, 0.15) is 0 Å². The maximum absolute atomic E-state index is 12.4. The zero-order valence-corrected chi connectivity index (χ0v) is 11.7. The molecule has 1 amide bonds. The molecule has 2 unspecified atom stereocenters. The molecule has 2 heterocycles. The Bertz CT molecular complexity index is 340. The summed E-state index contributed by atoms with van der Waals surface area (Å²) in [7, 11) is 0. The highest BCUT2D eigenvalue weighted by Gasteiger charge is 2.32. The molecular formula is C14H24N2O3. The van der Waals surface area contributed by atoms with Crippen molar-refractivity contribution < 1.29 is 14.7 Å². The molecule has 0 aromatic heterocycles. The number of carboxylic acid groups (broad SMARTS) is 1. The van der Waals surface area contributed by atoms with Gasteiger partial charge in [-0.05, 0) is 45.1 Å². The molecule has 0 aliphatic carbocycles. The van der Waals surface area contributed by atoms with Gasteiger partial charge < -0.3 is 10.0 Å². The molecule has 0 saturated carbocycles. The van der Waals surface area contributed by atoms with E-state index in [0.717, 1.165) is 45.4 Å². The van der Waals surface area contributed by atoms with E-state index in [9.17, 15) is 9.59 Å². The lowest BCUT2D eigenvalue weighted by Gasteiger charge is -2.32. The standard InChI is InChI=1S/C14H24N2O3/c1-11(14(19)15-6-3-2-4-7-15)16-8-5-12(10-16)9-13(17)18/h11-12H,2-10H2,1H3,(H,17,18). The van der Waals surface area contributed by atoms with E-state index in [1.165, 1.54) is 6.42 Å². The maximum Gasteiger partial charge on any atom is 0.303 e. The Balaban J connectivity index is 1.84. The van der Waals surface area contributed by atoms with Crippen LogP contribution in [0.4, 0.5) is 0 Å². The first-order valence-corrected chi connectivity index (χ1v) is 7.32. The van der Waals surface area contributed by atoms with Crippen LogP contribution in [0.5, 0.6) is 0 Å². The van der Waals surface area contributed by atoms with Gasteiger partial charge >= 0.3 is 5.97 Å². The van der Waals surface area contributed by atoms with Crippen LogP contribution in [0.25, 0.3) is 0 Å². The van der Waals surface area contributed by atoms with Crippen molar-refractivity contribution in [3.8, 4) is 0 Å². The fourth-order valence-electron chi connectivity index (χ4n) is 3.16. The molecule has 2 atom stereocenters. The number of piperidine rings is 1. The van der Waals surface area contributed by atoms with Crippen molar-refractivity contribution >= 4 is 11.9 Å². The van der Waals surface area contributed by atoms with Crippen LogP contribution in [-0.4, -0.2) is 59.0 Å². The molecule has 2 aliphatic heterocycles. The maximum atomic E-state index is 12.4. The number of rotatable bonds is 4. The average molecular weight is 268 g/mol. The molecule has 2 aliphatic rings. The second-order valence-corrected chi connectivity index (χ2v) is 5.81. The van der Waals surface area contributed by atoms with Gasteiger partial charge in [-0.1, -0.05) is 0 Å². The highest BCUT2D eigenvalue weighted by atomic mass is 16.4. The van der Waals surface area contributed by atoms with Gasteiger partial charge in [0, 0.05) is 26.1 Å². The third-order valence-corrected chi connectivity index (χ3v) is 4.35.